The molecule has 1 N–H and O–H groups in total. The number of carbonyl (C=O) groups is 3. The van der Waals surface area contributed by atoms with Crippen LogP contribution in [0.2, 0.25) is 18.1 Å². The van der Waals surface area contributed by atoms with Crippen molar-refractivity contribution in [2.75, 3.05) is 39.9 Å². The topological polar surface area (TPSA) is 113 Å². The van der Waals surface area contributed by atoms with Gasteiger partial charge < -0.3 is 28.3 Å². The standard InChI is InChI=1S/C27H40N2O8Si/c1-10-11-36-26(32)28-21-15-23(34-6)22(33-5)14-20(21)25(31)29-16-18(13-24(30)35-7)12-19(29)17-37-38(8,9)27(2,3)4/h10,14-16,19H,1,11-13,17H2,2-9H3,(H,28,32)/t19-/m0/s1. The molecule has 0 aliphatic carbocycles. The van der Waals surface area contributed by atoms with Crippen LogP contribution in [0.5, 0.6) is 11.5 Å². The molecule has 1 atom stereocenters. The Hall–Kier alpha value is -3.31. The maximum Gasteiger partial charge on any atom is 0.411 e. The molecule has 1 aromatic carbocycles. The second-order valence-corrected chi connectivity index (χ2v) is 15.3. The molecule has 0 fully saturated rings. The molecule has 0 saturated heterocycles. The summed E-state index contributed by atoms with van der Waals surface area (Å²) in [5, 5.41) is 2.59. The van der Waals surface area contributed by atoms with E-state index >= 15 is 0 Å². The first-order valence-electron chi connectivity index (χ1n) is 12.3. The molecule has 0 aromatic heterocycles. The van der Waals surface area contributed by atoms with Crippen LogP contribution in [0.3, 0.4) is 0 Å². The number of ether oxygens (including phenoxy) is 4. The Morgan fingerprint density at radius 2 is 1.76 bits per heavy atom. The number of hydrogen-bond acceptors (Lipinski definition) is 8. The quantitative estimate of drug-likeness (QED) is 0.230. The van der Waals surface area contributed by atoms with E-state index in [-0.39, 0.29) is 35.4 Å². The van der Waals surface area contributed by atoms with Crippen molar-refractivity contribution in [1.82, 2.24) is 4.90 Å². The van der Waals surface area contributed by atoms with E-state index in [1.54, 1.807) is 11.1 Å². The highest BCUT2D eigenvalue weighted by Gasteiger charge is 2.40. The van der Waals surface area contributed by atoms with Crippen molar-refractivity contribution >= 4 is 32.0 Å². The van der Waals surface area contributed by atoms with Crippen LogP contribution in [-0.4, -0.2) is 71.8 Å². The van der Waals surface area contributed by atoms with Crippen molar-refractivity contribution in [3.8, 4) is 11.5 Å². The lowest BCUT2D eigenvalue weighted by molar-refractivity contribution is -0.139. The van der Waals surface area contributed by atoms with E-state index in [2.05, 4.69) is 45.8 Å². The summed E-state index contributed by atoms with van der Waals surface area (Å²) >= 11 is 0. The van der Waals surface area contributed by atoms with Gasteiger partial charge >= 0.3 is 12.1 Å². The molecule has 1 aliphatic rings. The van der Waals surface area contributed by atoms with Crippen LogP contribution < -0.4 is 14.8 Å². The summed E-state index contributed by atoms with van der Waals surface area (Å²) < 4.78 is 27.1. The van der Waals surface area contributed by atoms with E-state index in [1.807, 2.05) is 0 Å². The number of amides is 2. The summed E-state index contributed by atoms with van der Waals surface area (Å²) in [6.45, 7) is 14.5. The van der Waals surface area contributed by atoms with E-state index in [9.17, 15) is 14.4 Å². The Balaban J connectivity index is 2.48. The van der Waals surface area contributed by atoms with Crippen LogP contribution in [-0.2, 0) is 18.7 Å². The first-order valence-corrected chi connectivity index (χ1v) is 15.2. The van der Waals surface area contributed by atoms with Gasteiger partial charge in [-0.15, -0.1) is 0 Å². The summed E-state index contributed by atoms with van der Waals surface area (Å²) in [6.07, 6.45) is 2.85. The lowest BCUT2D eigenvalue weighted by Gasteiger charge is -2.38. The lowest BCUT2D eigenvalue weighted by atomic mass is 10.1. The second kappa shape index (κ2) is 13.0. The van der Waals surface area contributed by atoms with Gasteiger partial charge in [0, 0.05) is 12.3 Å². The fourth-order valence-electron chi connectivity index (χ4n) is 3.59. The van der Waals surface area contributed by atoms with Crippen LogP contribution in [0.25, 0.3) is 0 Å². The molecule has 1 aliphatic heterocycles. The van der Waals surface area contributed by atoms with E-state index in [1.165, 1.54) is 39.5 Å². The van der Waals surface area contributed by atoms with Gasteiger partial charge in [-0.2, -0.15) is 0 Å². The average molecular weight is 549 g/mol. The molecule has 0 unspecified atom stereocenters. The summed E-state index contributed by atoms with van der Waals surface area (Å²) in [5.41, 5.74) is 1.08. The largest absolute Gasteiger partial charge is 0.493 e. The van der Waals surface area contributed by atoms with Crippen LogP contribution in [0.15, 0.2) is 36.6 Å². The van der Waals surface area contributed by atoms with Crippen molar-refractivity contribution in [3.05, 3.63) is 42.1 Å². The molecule has 10 nitrogen and oxygen atoms in total. The minimum atomic E-state index is -2.12. The van der Waals surface area contributed by atoms with Gasteiger partial charge in [0.25, 0.3) is 5.91 Å². The van der Waals surface area contributed by atoms with E-state index in [0.717, 1.165) is 5.57 Å². The van der Waals surface area contributed by atoms with E-state index in [0.29, 0.717) is 24.5 Å². The zero-order valence-corrected chi connectivity index (χ0v) is 24.6. The van der Waals surface area contributed by atoms with Gasteiger partial charge in [0.05, 0.1) is 51.6 Å². The van der Waals surface area contributed by atoms with E-state index in [4.69, 9.17) is 23.4 Å². The lowest BCUT2D eigenvalue weighted by Crippen LogP contribution is -2.45. The smallest absolute Gasteiger partial charge is 0.411 e. The van der Waals surface area contributed by atoms with Crippen LogP contribution in [0, 0.1) is 0 Å². The number of carbonyl (C=O) groups excluding carboxylic acids is 3. The Labute approximate surface area is 226 Å². The van der Waals surface area contributed by atoms with Crippen molar-refractivity contribution in [1.29, 1.82) is 0 Å². The SMILES string of the molecule is C=CCOC(=O)Nc1cc(OC)c(OC)cc1C(=O)N1C=C(CC(=O)OC)C[C@H]1CO[Si](C)(C)C(C)(C)C. The zero-order chi connectivity index (χ0) is 28.7. The monoisotopic (exact) mass is 548 g/mol. The number of nitrogens with one attached hydrogen (secondary N) is 1. The summed E-state index contributed by atoms with van der Waals surface area (Å²) in [6, 6.07) is 2.64. The predicted molar refractivity (Wildman–Crippen MR) is 147 cm³/mol. The van der Waals surface area contributed by atoms with Crippen molar-refractivity contribution in [2.24, 2.45) is 0 Å². The summed E-state index contributed by atoms with van der Waals surface area (Å²) in [7, 11) is 2.11. The van der Waals surface area contributed by atoms with Gasteiger partial charge in [0.1, 0.15) is 6.61 Å². The molecule has 0 saturated carbocycles. The van der Waals surface area contributed by atoms with Gasteiger partial charge in [0.15, 0.2) is 19.8 Å². The molecule has 0 spiro atoms. The van der Waals surface area contributed by atoms with E-state index < -0.39 is 26.3 Å². The molecular weight excluding hydrogens is 508 g/mol. The second-order valence-electron chi connectivity index (χ2n) is 10.4. The fourth-order valence-corrected chi connectivity index (χ4v) is 4.64. The highest BCUT2D eigenvalue weighted by Crippen LogP contribution is 2.39. The number of methoxy groups -OCH3 is 3. The molecule has 38 heavy (non-hydrogen) atoms. The molecule has 0 bridgehead atoms. The predicted octanol–water partition coefficient (Wildman–Crippen LogP) is 5.12. The highest BCUT2D eigenvalue weighted by molar-refractivity contribution is 6.74. The van der Waals surface area contributed by atoms with Gasteiger partial charge in [-0.1, -0.05) is 33.4 Å². The molecular formula is C27H40N2O8Si. The molecule has 210 valence electrons. The Kier molecular flexibility index (Phi) is 10.5. The number of esters is 1. The van der Waals surface area contributed by atoms with Crippen LogP contribution in [0.1, 0.15) is 44.0 Å². The molecule has 2 amide bonds. The van der Waals surface area contributed by atoms with Crippen molar-refractivity contribution < 1.29 is 37.8 Å². The normalized spacial score (nSPS) is 15.4. The van der Waals surface area contributed by atoms with Gasteiger partial charge in [0.2, 0.25) is 0 Å². The van der Waals surface area contributed by atoms with Gasteiger partial charge in [-0.25, -0.2) is 4.79 Å². The molecule has 1 heterocycles. The number of hydrogen-bond donors (Lipinski definition) is 1. The van der Waals surface area contributed by atoms with Gasteiger partial charge in [-0.3, -0.25) is 14.9 Å². The molecule has 1 aromatic rings. The average Bonchev–Trinajstić information content (AvgIpc) is 3.27. The fraction of sp³-hybridized carbons (Fsp3) is 0.519. The first kappa shape index (κ1) is 30.9. The number of rotatable bonds is 11. The number of nitrogens with zero attached hydrogens (tertiary/aromatic N) is 1. The molecule has 2 rings (SSSR count). The molecule has 0 radical (unpaired) electrons. The summed E-state index contributed by atoms with van der Waals surface area (Å²) in [5.74, 6) is -0.168. The first-order chi connectivity index (χ1) is 17.8. The maximum absolute atomic E-state index is 14.0. The number of anilines is 1. The van der Waals surface area contributed by atoms with Crippen LogP contribution in [0.4, 0.5) is 10.5 Å². The third kappa shape index (κ3) is 7.61. The maximum atomic E-state index is 14.0. The minimum absolute atomic E-state index is 0.00101. The van der Waals surface area contributed by atoms with Crippen molar-refractivity contribution in [3.63, 3.8) is 0 Å². The third-order valence-corrected chi connectivity index (χ3v) is 11.3. The third-order valence-electron chi connectivity index (χ3n) is 6.81. The highest BCUT2D eigenvalue weighted by atomic mass is 28.4. The Morgan fingerprint density at radius 1 is 1.13 bits per heavy atom. The zero-order valence-electron chi connectivity index (χ0n) is 23.6. The Morgan fingerprint density at radius 3 is 2.32 bits per heavy atom. The Bertz CT molecular complexity index is 1080. The number of benzene rings is 1. The summed E-state index contributed by atoms with van der Waals surface area (Å²) in [4.78, 5) is 39.9. The minimum Gasteiger partial charge on any atom is -0.493 e. The van der Waals surface area contributed by atoms with Gasteiger partial charge in [-0.05, 0) is 36.2 Å². The van der Waals surface area contributed by atoms with Crippen molar-refractivity contribution in [2.45, 2.75) is 57.8 Å². The van der Waals surface area contributed by atoms with Crippen LogP contribution >= 0.6 is 0 Å². The molecule has 11 heteroatoms.